The number of aromatic amines is 1. The zero-order valence-electron chi connectivity index (χ0n) is 13.1. The second-order valence-corrected chi connectivity index (χ2v) is 6.12. The molecule has 1 fully saturated rings. The van der Waals surface area contributed by atoms with Crippen LogP contribution in [0.5, 0.6) is 0 Å². The second kappa shape index (κ2) is 7.10. The molecule has 114 valence electrons. The van der Waals surface area contributed by atoms with Crippen molar-refractivity contribution < 1.29 is 0 Å². The van der Waals surface area contributed by atoms with E-state index in [2.05, 4.69) is 46.4 Å². The predicted octanol–water partition coefficient (Wildman–Crippen LogP) is 3.69. The van der Waals surface area contributed by atoms with E-state index in [4.69, 9.17) is 0 Å². The summed E-state index contributed by atoms with van der Waals surface area (Å²) in [6, 6.07) is 9.67. The lowest BCUT2D eigenvalue weighted by Crippen LogP contribution is -2.45. The number of hydrogen-bond acceptors (Lipinski definition) is 2. The minimum atomic E-state index is 0.575. The van der Waals surface area contributed by atoms with Gasteiger partial charge in [0.25, 0.3) is 0 Å². The molecule has 3 nitrogen and oxygen atoms in total. The Bertz CT molecular complexity index is 554. The largest absolute Gasteiger partial charge is 0.361 e. The molecule has 1 saturated heterocycles. The summed E-state index contributed by atoms with van der Waals surface area (Å²) in [5.74, 6) is 0. The van der Waals surface area contributed by atoms with Crippen LogP contribution in [0, 0.1) is 0 Å². The van der Waals surface area contributed by atoms with Crippen molar-refractivity contribution in [2.24, 2.45) is 0 Å². The van der Waals surface area contributed by atoms with Crippen LogP contribution in [0.1, 0.15) is 44.2 Å². The Morgan fingerprint density at radius 2 is 2.00 bits per heavy atom. The average molecular weight is 285 g/mol. The van der Waals surface area contributed by atoms with Gasteiger partial charge in [-0.05, 0) is 29.5 Å². The molecule has 1 aromatic heterocycles. The van der Waals surface area contributed by atoms with Crippen LogP contribution in [0.25, 0.3) is 10.9 Å². The summed E-state index contributed by atoms with van der Waals surface area (Å²) in [5, 5.41) is 4.78. The molecule has 21 heavy (non-hydrogen) atoms. The van der Waals surface area contributed by atoms with Gasteiger partial charge in [-0.1, -0.05) is 38.3 Å². The highest BCUT2D eigenvalue weighted by Crippen LogP contribution is 2.29. The van der Waals surface area contributed by atoms with Gasteiger partial charge in [0.05, 0.1) is 0 Å². The Hall–Kier alpha value is -1.32. The monoisotopic (exact) mass is 285 g/mol. The third-order valence-corrected chi connectivity index (χ3v) is 4.64. The Morgan fingerprint density at radius 3 is 2.81 bits per heavy atom. The number of nitrogens with zero attached hydrogens (tertiary/aromatic N) is 1. The summed E-state index contributed by atoms with van der Waals surface area (Å²) in [6.07, 6.45) is 7.27. The molecule has 0 saturated carbocycles. The summed E-state index contributed by atoms with van der Waals surface area (Å²) < 4.78 is 0. The van der Waals surface area contributed by atoms with Crippen LogP contribution < -0.4 is 5.32 Å². The number of nitrogens with one attached hydrogen (secondary N) is 2. The van der Waals surface area contributed by atoms with Gasteiger partial charge in [0.15, 0.2) is 0 Å². The SMILES string of the molecule is CCCCC[C@@H](c1ccc2cc[nH]c2c1)N1CCNCC1. The molecule has 0 amide bonds. The normalized spacial score (nSPS) is 18.1. The smallest absolute Gasteiger partial charge is 0.0457 e. The predicted molar refractivity (Wildman–Crippen MR) is 89.6 cm³/mol. The Morgan fingerprint density at radius 1 is 1.14 bits per heavy atom. The molecule has 3 rings (SSSR count). The van der Waals surface area contributed by atoms with Gasteiger partial charge < -0.3 is 10.3 Å². The van der Waals surface area contributed by atoms with Crippen molar-refractivity contribution in [1.82, 2.24) is 15.2 Å². The number of benzene rings is 1. The molecular formula is C18H27N3. The highest BCUT2D eigenvalue weighted by atomic mass is 15.2. The minimum Gasteiger partial charge on any atom is -0.361 e. The van der Waals surface area contributed by atoms with E-state index in [1.165, 1.54) is 55.2 Å². The van der Waals surface area contributed by atoms with Gasteiger partial charge in [-0.25, -0.2) is 0 Å². The molecule has 1 atom stereocenters. The van der Waals surface area contributed by atoms with Gasteiger partial charge in [0, 0.05) is 43.9 Å². The summed E-state index contributed by atoms with van der Waals surface area (Å²) >= 11 is 0. The van der Waals surface area contributed by atoms with E-state index in [1.54, 1.807) is 0 Å². The number of piperazine rings is 1. The van der Waals surface area contributed by atoms with E-state index in [0.717, 1.165) is 13.1 Å². The molecular weight excluding hydrogens is 258 g/mol. The minimum absolute atomic E-state index is 0.575. The highest BCUT2D eigenvalue weighted by Gasteiger charge is 2.21. The summed E-state index contributed by atoms with van der Waals surface area (Å²) in [5.41, 5.74) is 2.74. The van der Waals surface area contributed by atoms with E-state index in [1.807, 2.05) is 6.20 Å². The fourth-order valence-electron chi connectivity index (χ4n) is 3.41. The third-order valence-electron chi connectivity index (χ3n) is 4.64. The maximum Gasteiger partial charge on any atom is 0.0457 e. The van der Waals surface area contributed by atoms with E-state index in [0.29, 0.717) is 6.04 Å². The molecule has 0 aliphatic carbocycles. The van der Waals surface area contributed by atoms with Crippen molar-refractivity contribution in [3.8, 4) is 0 Å². The van der Waals surface area contributed by atoms with Gasteiger partial charge in [-0.3, -0.25) is 4.90 Å². The number of rotatable bonds is 6. The summed E-state index contributed by atoms with van der Waals surface area (Å²) in [4.78, 5) is 6.02. The van der Waals surface area contributed by atoms with Gasteiger partial charge in [-0.2, -0.15) is 0 Å². The van der Waals surface area contributed by atoms with Gasteiger partial charge >= 0.3 is 0 Å². The fourth-order valence-corrected chi connectivity index (χ4v) is 3.41. The number of unbranched alkanes of at least 4 members (excludes halogenated alkanes) is 2. The van der Waals surface area contributed by atoms with Crippen molar-refractivity contribution in [3.05, 3.63) is 36.0 Å². The average Bonchev–Trinajstić information content (AvgIpc) is 3.00. The molecule has 0 radical (unpaired) electrons. The molecule has 2 N–H and O–H groups in total. The molecule has 3 heteroatoms. The third kappa shape index (κ3) is 3.47. The van der Waals surface area contributed by atoms with Crippen LogP contribution >= 0.6 is 0 Å². The van der Waals surface area contributed by atoms with Gasteiger partial charge in [0.2, 0.25) is 0 Å². The topological polar surface area (TPSA) is 31.1 Å². The number of aromatic nitrogens is 1. The number of hydrogen-bond donors (Lipinski definition) is 2. The molecule has 0 spiro atoms. The first-order valence-electron chi connectivity index (χ1n) is 8.40. The van der Waals surface area contributed by atoms with Crippen molar-refractivity contribution in [2.75, 3.05) is 26.2 Å². The lowest BCUT2D eigenvalue weighted by Gasteiger charge is -2.35. The quantitative estimate of drug-likeness (QED) is 0.793. The van der Waals surface area contributed by atoms with Gasteiger partial charge in [0.1, 0.15) is 0 Å². The maximum atomic E-state index is 3.47. The molecule has 1 aromatic carbocycles. The molecule has 2 aromatic rings. The lowest BCUT2D eigenvalue weighted by molar-refractivity contribution is 0.163. The molecule has 2 heterocycles. The van der Waals surface area contributed by atoms with Crippen molar-refractivity contribution >= 4 is 10.9 Å². The van der Waals surface area contributed by atoms with Crippen LogP contribution in [-0.4, -0.2) is 36.1 Å². The molecule has 0 bridgehead atoms. The van der Waals surface area contributed by atoms with Crippen LogP contribution in [0.4, 0.5) is 0 Å². The first-order valence-corrected chi connectivity index (χ1v) is 8.40. The highest BCUT2D eigenvalue weighted by molar-refractivity contribution is 5.79. The van der Waals surface area contributed by atoms with Crippen LogP contribution in [-0.2, 0) is 0 Å². The summed E-state index contributed by atoms with van der Waals surface area (Å²) in [6.45, 7) is 6.86. The first-order chi connectivity index (χ1) is 10.4. The Balaban J connectivity index is 1.81. The van der Waals surface area contributed by atoms with Crippen LogP contribution in [0.3, 0.4) is 0 Å². The van der Waals surface area contributed by atoms with E-state index < -0.39 is 0 Å². The fraction of sp³-hybridized carbons (Fsp3) is 0.556. The number of H-pyrrole nitrogens is 1. The summed E-state index contributed by atoms with van der Waals surface area (Å²) in [7, 11) is 0. The standard InChI is InChI=1S/C18H27N3/c1-2-3-4-5-18(21-12-10-19-11-13-21)16-7-6-15-8-9-20-17(15)14-16/h6-9,14,18-20H,2-5,10-13H2,1H3/t18-/m0/s1. The van der Waals surface area contributed by atoms with Crippen LogP contribution in [0.2, 0.25) is 0 Å². The first kappa shape index (κ1) is 14.6. The zero-order valence-corrected chi connectivity index (χ0v) is 13.1. The van der Waals surface area contributed by atoms with Crippen molar-refractivity contribution in [3.63, 3.8) is 0 Å². The van der Waals surface area contributed by atoms with Crippen LogP contribution in [0.15, 0.2) is 30.5 Å². The van der Waals surface area contributed by atoms with Crippen molar-refractivity contribution in [1.29, 1.82) is 0 Å². The Kier molecular flexibility index (Phi) is 4.94. The molecule has 0 unspecified atom stereocenters. The molecule has 1 aliphatic rings. The van der Waals surface area contributed by atoms with Gasteiger partial charge in [-0.15, -0.1) is 0 Å². The van der Waals surface area contributed by atoms with E-state index in [-0.39, 0.29) is 0 Å². The van der Waals surface area contributed by atoms with E-state index in [9.17, 15) is 0 Å². The number of fused-ring (bicyclic) bond motifs is 1. The van der Waals surface area contributed by atoms with Crippen molar-refractivity contribution in [2.45, 2.75) is 38.6 Å². The lowest BCUT2D eigenvalue weighted by atomic mass is 9.97. The zero-order chi connectivity index (χ0) is 14.5. The maximum absolute atomic E-state index is 3.47. The molecule has 1 aliphatic heterocycles. The second-order valence-electron chi connectivity index (χ2n) is 6.12. The Labute approximate surface area is 127 Å². The van der Waals surface area contributed by atoms with E-state index >= 15 is 0 Å².